The quantitative estimate of drug-likeness (QED) is 0.574. The van der Waals surface area contributed by atoms with Crippen LogP contribution in [0.5, 0.6) is 0 Å². The number of para-hydroxylation sites is 2. The van der Waals surface area contributed by atoms with Crippen LogP contribution in [0.1, 0.15) is 18.5 Å². The summed E-state index contributed by atoms with van der Waals surface area (Å²) in [5.74, 6) is -0.200. The van der Waals surface area contributed by atoms with Gasteiger partial charge in [-0.05, 0) is 37.1 Å². The van der Waals surface area contributed by atoms with Gasteiger partial charge >= 0.3 is 0 Å². The minimum atomic E-state index is -0.627. The summed E-state index contributed by atoms with van der Waals surface area (Å²) in [6.45, 7) is 2.21. The van der Waals surface area contributed by atoms with E-state index in [2.05, 4.69) is 21.4 Å². The van der Waals surface area contributed by atoms with Gasteiger partial charge in [-0.25, -0.2) is 4.98 Å². The van der Waals surface area contributed by atoms with Gasteiger partial charge in [0.1, 0.15) is 6.04 Å². The zero-order valence-corrected chi connectivity index (χ0v) is 15.0. The second-order valence-electron chi connectivity index (χ2n) is 6.55. The standard InChI is InChI=1S/C21H20N4O2/c1-14(25-13-24-19-9-5-3-7-17(19)21(25)27)20(26)22-11-10-15-12-23-18-8-4-2-6-16(15)18/h2-9,12-14,23H,10-11H2,1H3,(H,22,26). The van der Waals surface area contributed by atoms with Gasteiger partial charge in [0, 0.05) is 23.6 Å². The molecule has 4 rings (SSSR count). The van der Waals surface area contributed by atoms with Gasteiger partial charge in [-0.15, -0.1) is 0 Å². The van der Waals surface area contributed by atoms with E-state index in [1.54, 1.807) is 25.1 Å². The van der Waals surface area contributed by atoms with Crippen molar-refractivity contribution in [2.45, 2.75) is 19.4 Å². The maximum Gasteiger partial charge on any atom is 0.261 e. The van der Waals surface area contributed by atoms with Gasteiger partial charge in [0.05, 0.1) is 17.2 Å². The number of carbonyl (C=O) groups excluding carboxylic acids is 1. The van der Waals surface area contributed by atoms with Gasteiger partial charge in [-0.1, -0.05) is 30.3 Å². The highest BCUT2D eigenvalue weighted by Gasteiger charge is 2.17. The van der Waals surface area contributed by atoms with Crippen LogP contribution in [0, 0.1) is 0 Å². The number of H-pyrrole nitrogens is 1. The van der Waals surface area contributed by atoms with Crippen molar-refractivity contribution in [2.75, 3.05) is 6.54 Å². The van der Waals surface area contributed by atoms with E-state index >= 15 is 0 Å². The average Bonchev–Trinajstić information content (AvgIpc) is 3.11. The smallest absolute Gasteiger partial charge is 0.261 e. The number of nitrogens with one attached hydrogen (secondary N) is 2. The molecule has 6 nitrogen and oxygen atoms in total. The molecule has 1 unspecified atom stereocenters. The van der Waals surface area contributed by atoms with E-state index in [1.807, 2.05) is 30.5 Å². The van der Waals surface area contributed by atoms with Crippen molar-refractivity contribution in [1.82, 2.24) is 19.9 Å². The molecule has 0 saturated heterocycles. The molecule has 0 bridgehead atoms. The van der Waals surface area contributed by atoms with Crippen molar-refractivity contribution in [2.24, 2.45) is 0 Å². The van der Waals surface area contributed by atoms with Crippen LogP contribution < -0.4 is 10.9 Å². The Bertz CT molecular complexity index is 1180. The SMILES string of the molecule is CC(C(=O)NCCc1c[nH]c2ccccc12)n1cnc2ccccc2c1=O. The molecular weight excluding hydrogens is 340 g/mol. The third-order valence-electron chi connectivity index (χ3n) is 4.86. The molecule has 2 aromatic heterocycles. The Morgan fingerprint density at radius 2 is 1.89 bits per heavy atom. The summed E-state index contributed by atoms with van der Waals surface area (Å²) in [5.41, 5.74) is 2.66. The minimum absolute atomic E-state index is 0.200. The maximum absolute atomic E-state index is 12.6. The Hall–Kier alpha value is -3.41. The summed E-state index contributed by atoms with van der Waals surface area (Å²) in [5, 5.41) is 4.59. The highest BCUT2D eigenvalue weighted by molar-refractivity contribution is 5.83. The Labute approximate surface area is 155 Å². The van der Waals surface area contributed by atoms with Gasteiger partial charge in [-0.3, -0.25) is 14.2 Å². The lowest BCUT2D eigenvalue weighted by Crippen LogP contribution is -2.36. The third-order valence-corrected chi connectivity index (χ3v) is 4.86. The number of fused-ring (bicyclic) bond motifs is 2. The third kappa shape index (κ3) is 3.21. The molecule has 6 heteroatoms. The topological polar surface area (TPSA) is 79.8 Å². The van der Waals surface area contributed by atoms with Crippen LogP contribution in [0.3, 0.4) is 0 Å². The largest absolute Gasteiger partial charge is 0.361 e. The molecule has 136 valence electrons. The molecule has 1 amide bonds. The first-order valence-electron chi connectivity index (χ1n) is 8.94. The van der Waals surface area contributed by atoms with Crippen LogP contribution in [0.4, 0.5) is 0 Å². The first-order chi connectivity index (χ1) is 13.1. The number of amides is 1. The highest BCUT2D eigenvalue weighted by atomic mass is 16.2. The van der Waals surface area contributed by atoms with Crippen LogP contribution in [0.15, 0.2) is 65.8 Å². The van der Waals surface area contributed by atoms with Crippen LogP contribution in [-0.2, 0) is 11.2 Å². The zero-order valence-electron chi connectivity index (χ0n) is 15.0. The average molecular weight is 360 g/mol. The predicted octanol–water partition coefficient (Wildman–Crippen LogP) is 2.80. The fraction of sp³-hybridized carbons (Fsp3) is 0.190. The number of hydrogen-bond donors (Lipinski definition) is 2. The zero-order chi connectivity index (χ0) is 18.8. The van der Waals surface area contributed by atoms with Crippen molar-refractivity contribution in [3.8, 4) is 0 Å². The van der Waals surface area contributed by atoms with E-state index < -0.39 is 6.04 Å². The Kier molecular flexibility index (Phi) is 4.46. The molecule has 0 spiro atoms. The summed E-state index contributed by atoms with van der Waals surface area (Å²) >= 11 is 0. The molecular formula is C21H20N4O2. The van der Waals surface area contributed by atoms with E-state index in [0.29, 0.717) is 23.9 Å². The van der Waals surface area contributed by atoms with Gasteiger partial charge in [0.15, 0.2) is 0 Å². The summed E-state index contributed by atoms with van der Waals surface area (Å²) in [6, 6.07) is 14.6. The first-order valence-corrected chi connectivity index (χ1v) is 8.94. The van der Waals surface area contributed by atoms with E-state index in [1.165, 1.54) is 10.9 Å². The van der Waals surface area contributed by atoms with Gasteiger partial charge < -0.3 is 10.3 Å². The van der Waals surface area contributed by atoms with Crippen LogP contribution >= 0.6 is 0 Å². The number of rotatable bonds is 5. The van der Waals surface area contributed by atoms with E-state index in [0.717, 1.165) is 16.5 Å². The summed E-state index contributed by atoms with van der Waals surface area (Å²) < 4.78 is 1.38. The van der Waals surface area contributed by atoms with Crippen LogP contribution in [-0.4, -0.2) is 27.0 Å². The number of carbonyl (C=O) groups is 1. The lowest BCUT2D eigenvalue weighted by molar-refractivity contribution is -0.123. The molecule has 27 heavy (non-hydrogen) atoms. The van der Waals surface area contributed by atoms with E-state index in [4.69, 9.17) is 0 Å². The van der Waals surface area contributed by atoms with E-state index in [9.17, 15) is 9.59 Å². The molecule has 2 N–H and O–H groups in total. The molecule has 0 fully saturated rings. The molecule has 2 heterocycles. The van der Waals surface area contributed by atoms with Gasteiger partial charge in [0.2, 0.25) is 5.91 Å². The van der Waals surface area contributed by atoms with Gasteiger partial charge in [0.25, 0.3) is 5.56 Å². The monoisotopic (exact) mass is 360 g/mol. The second kappa shape index (κ2) is 7.07. The Morgan fingerprint density at radius 1 is 1.15 bits per heavy atom. The highest BCUT2D eigenvalue weighted by Crippen LogP contribution is 2.17. The Morgan fingerprint density at radius 3 is 2.74 bits per heavy atom. The lowest BCUT2D eigenvalue weighted by Gasteiger charge is -2.15. The summed E-state index contributed by atoms with van der Waals surface area (Å²) in [4.78, 5) is 32.6. The summed E-state index contributed by atoms with van der Waals surface area (Å²) in [7, 11) is 0. The first kappa shape index (κ1) is 17.0. The van der Waals surface area contributed by atoms with Crippen LogP contribution in [0.2, 0.25) is 0 Å². The molecule has 0 aliphatic carbocycles. The molecule has 2 aromatic carbocycles. The molecule has 0 saturated carbocycles. The van der Waals surface area contributed by atoms with Crippen LogP contribution in [0.25, 0.3) is 21.8 Å². The van der Waals surface area contributed by atoms with Crippen molar-refractivity contribution in [3.63, 3.8) is 0 Å². The molecule has 4 aromatic rings. The van der Waals surface area contributed by atoms with Crippen molar-refractivity contribution >= 4 is 27.7 Å². The minimum Gasteiger partial charge on any atom is -0.361 e. The number of nitrogens with zero attached hydrogens (tertiary/aromatic N) is 2. The fourth-order valence-corrected chi connectivity index (χ4v) is 3.29. The number of aromatic nitrogens is 3. The fourth-order valence-electron chi connectivity index (χ4n) is 3.29. The maximum atomic E-state index is 12.6. The lowest BCUT2D eigenvalue weighted by atomic mass is 10.1. The number of benzene rings is 2. The van der Waals surface area contributed by atoms with Crippen molar-refractivity contribution in [3.05, 3.63) is 77.0 Å². The number of hydrogen-bond acceptors (Lipinski definition) is 3. The van der Waals surface area contributed by atoms with Crippen molar-refractivity contribution in [1.29, 1.82) is 0 Å². The molecule has 0 radical (unpaired) electrons. The van der Waals surface area contributed by atoms with Gasteiger partial charge in [-0.2, -0.15) is 0 Å². The van der Waals surface area contributed by atoms with Crippen molar-refractivity contribution < 1.29 is 4.79 Å². The molecule has 1 atom stereocenters. The van der Waals surface area contributed by atoms with E-state index in [-0.39, 0.29) is 11.5 Å². The Balaban J connectivity index is 1.45. The molecule has 0 aliphatic heterocycles. The summed E-state index contributed by atoms with van der Waals surface area (Å²) in [6.07, 6.45) is 4.12. The second-order valence-corrected chi connectivity index (χ2v) is 6.55. The molecule has 0 aliphatic rings. The predicted molar refractivity (Wildman–Crippen MR) is 106 cm³/mol. The number of aromatic amines is 1. The normalized spacial score (nSPS) is 12.3.